The van der Waals surface area contributed by atoms with Crippen LogP contribution in [-0.2, 0) is 16.5 Å². The summed E-state index contributed by atoms with van der Waals surface area (Å²) in [5, 5.41) is 10.5. The molecule has 0 atom stereocenters. The molecule has 0 unspecified atom stereocenters. The van der Waals surface area contributed by atoms with Gasteiger partial charge in [0.2, 0.25) is 0 Å². The summed E-state index contributed by atoms with van der Waals surface area (Å²) in [6.07, 6.45) is 0.613. The van der Waals surface area contributed by atoms with E-state index in [-0.39, 0.29) is 17.9 Å². The van der Waals surface area contributed by atoms with E-state index in [2.05, 4.69) is 0 Å². The summed E-state index contributed by atoms with van der Waals surface area (Å²) in [7, 11) is -3.95. The second-order valence-electron chi connectivity index (χ2n) is 3.32. The van der Waals surface area contributed by atoms with Gasteiger partial charge < -0.3 is 0 Å². The van der Waals surface area contributed by atoms with Gasteiger partial charge >= 0.3 is 0 Å². The van der Waals surface area contributed by atoms with E-state index in [0.717, 1.165) is 0 Å². The van der Waals surface area contributed by atoms with E-state index in [0.29, 0.717) is 12.0 Å². The summed E-state index contributed by atoms with van der Waals surface area (Å²) in [5.41, 5.74) is 0.655. The summed E-state index contributed by atoms with van der Waals surface area (Å²) >= 11 is 0. The van der Waals surface area contributed by atoms with Crippen molar-refractivity contribution in [3.8, 4) is 0 Å². The van der Waals surface area contributed by atoms with Crippen molar-refractivity contribution < 1.29 is 17.9 Å². The van der Waals surface area contributed by atoms with E-state index in [9.17, 15) is 18.5 Å². The van der Waals surface area contributed by atoms with Crippen LogP contribution in [0.1, 0.15) is 12.0 Å². The number of nitro groups is 1. The Balaban J connectivity index is 2.61. The average Bonchev–Trinajstić information content (AvgIpc) is 2.16. The van der Waals surface area contributed by atoms with Gasteiger partial charge in [-0.1, -0.05) is 12.1 Å². The Hall–Kier alpha value is -1.47. The van der Waals surface area contributed by atoms with Crippen LogP contribution in [0.5, 0.6) is 0 Å². The maximum absolute atomic E-state index is 10.5. The quantitative estimate of drug-likeness (QED) is 0.480. The van der Waals surface area contributed by atoms with Crippen LogP contribution in [0.25, 0.3) is 0 Å². The molecule has 0 radical (unpaired) electrons. The van der Waals surface area contributed by atoms with Crippen molar-refractivity contribution in [2.75, 3.05) is 5.75 Å². The highest BCUT2D eigenvalue weighted by Crippen LogP contribution is 2.14. The molecule has 1 rings (SSSR count). The SMILES string of the molecule is O=[N+]([O-])c1cccc(CCCS(=O)(=O)O)c1. The lowest BCUT2D eigenvalue weighted by Crippen LogP contribution is -2.04. The van der Waals surface area contributed by atoms with Crippen LogP contribution in [-0.4, -0.2) is 23.6 Å². The average molecular weight is 245 g/mol. The molecule has 1 aromatic carbocycles. The molecular weight excluding hydrogens is 234 g/mol. The van der Waals surface area contributed by atoms with Gasteiger partial charge in [0.1, 0.15) is 0 Å². The maximum atomic E-state index is 10.5. The van der Waals surface area contributed by atoms with Crippen molar-refractivity contribution in [3.05, 3.63) is 39.9 Å². The van der Waals surface area contributed by atoms with Gasteiger partial charge in [-0.15, -0.1) is 0 Å². The van der Waals surface area contributed by atoms with Crippen molar-refractivity contribution in [2.45, 2.75) is 12.8 Å². The standard InChI is InChI=1S/C9H11NO5S/c11-10(12)9-5-1-3-8(7-9)4-2-6-16(13,14)15/h1,3,5,7H,2,4,6H2,(H,13,14,15). The fourth-order valence-corrected chi connectivity index (χ4v) is 1.79. The summed E-state index contributed by atoms with van der Waals surface area (Å²) in [6.45, 7) is 0. The summed E-state index contributed by atoms with van der Waals surface area (Å²) in [4.78, 5) is 9.95. The number of nitro benzene ring substituents is 1. The molecule has 0 fully saturated rings. The number of aryl methyl sites for hydroxylation is 1. The number of nitrogens with zero attached hydrogens (tertiary/aromatic N) is 1. The molecule has 0 bridgehead atoms. The predicted molar refractivity (Wildman–Crippen MR) is 57.8 cm³/mol. The Bertz CT molecular complexity index is 482. The fourth-order valence-electron chi connectivity index (χ4n) is 1.28. The number of benzene rings is 1. The van der Waals surface area contributed by atoms with E-state index in [1.165, 1.54) is 12.1 Å². The van der Waals surface area contributed by atoms with Crippen LogP contribution in [0.4, 0.5) is 5.69 Å². The summed E-state index contributed by atoms with van der Waals surface area (Å²) in [5.74, 6) is -0.338. The Labute approximate surface area is 92.8 Å². The lowest BCUT2D eigenvalue weighted by Gasteiger charge is -2.00. The number of non-ortho nitro benzene ring substituents is 1. The molecule has 0 spiro atoms. The van der Waals surface area contributed by atoms with Crippen LogP contribution in [0.3, 0.4) is 0 Å². The molecule has 1 N–H and O–H groups in total. The molecule has 88 valence electrons. The minimum Gasteiger partial charge on any atom is -0.286 e. The first-order valence-electron chi connectivity index (χ1n) is 4.57. The van der Waals surface area contributed by atoms with Crippen LogP contribution < -0.4 is 0 Å². The van der Waals surface area contributed by atoms with Crippen molar-refractivity contribution in [1.82, 2.24) is 0 Å². The van der Waals surface area contributed by atoms with E-state index >= 15 is 0 Å². The zero-order chi connectivity index (χ0) is 12.2. The third kappa shape index (κ3) is 4.37. The molecule has 0 aromatic heterocycles. The molecule has 0 heterocycles. The van der Waals surface area contributed by atoms with Crippen molar-refractivity contribution in [3.63, 3.8) is 0 Å². The molecule has 7 heteroatoms. The molecule has 0 aliphatic carbocycles. The first kappa shape index (κ1) is 12.6. The number of rotatable bonds is 5. The van der Waals surface area contributed by atoms with Gasteiger partial charge in [-0.3, -0.25) is 14.7 Å². The fraction of sp³-hybridized carbons (Fsp3) is 0.333. The van der Waals surface area contributed by atoms with Gasteiger partial charge in [0.05, 0.1) is 10.7 Å². The zero-order valence-electron chi connectivity index (χ0n) is 8.37. The van der Waals surface area contributed by atoms with Crippen LogP contribution >= 0.6 is 0 Å². The van der Waals surface area contributed by atoms with Crippen LogP contribution in [0.2, 0.25) is 0 Å². The van der Waals surface area contributed by atoms with Crippen molar-refractivity contribution in [1.29, 1.82) is 0 Å². The Morgan fingerprint density at radius 2 is 2.06 bits per heavy atom. The molecule has 6 nitrogen and oxygen atoms in total. The highest BCUT2D eigenvalue weighted by atomic mass is 32.2. The summed E-state index contributed by atoms with van der Waals surface area (Å²) < 4.78 is 29.4. The highest BCUT2D eigenvalue weighted by molar-refractivity contribution is 7.85. The smallest absolute Gasteiger partial charge is 0.269 e. The van der Waals surface area contributed by atoms with E-state index in [1.807, 2.05) is 0 Å². The van der Waals surface area contributed by atoms with Gasteiger partial charge in [-0.2, -0.15) is 8.42 Å². The minimum absolute atomic E-state index is 0.0237. The molecule has 16 heavy (non-hydrogen) atoms. The molecule has 1 aromatic rings. The van der Waals surface area contributed by atoms with E-state index in [1.54, 1.807) is 12.1 Å². The largest absolute Gasteiger partial charge is 0.286 e. The van der Waals surface area contributed by atoms with Gasteiger partial charge in [0.15, 0.2) is 0 Å². The summed E-state index contributed by atoms with van der Waals surface area (Å²) in [6, 6.07) is 5.98. The first-order valence-corrected chi connectivity index (χ1v) is 6.18. The van der Waals surface area contributed by atoms with Gasteiger partial charge in [0.25, 0.3) is 15.8 Å². The third-order valence-electron chi connectivity index (χ3n) is 1.99. The Kier molecular flexibility index (Phi) is 3.97. The first-order chi connectivity index (χ1) is 7.38. The second kappa shape index (κ2) is 5.04. The molecule has 0 amide bonds. The van der Waals surface area contributed by atoms with Crippen LogP contribution in [0, 0.1) is 10.1 Å². The zero-order valence-corrected chi connectivity index (χ0v) is 9.18. The van der Waals surface area contributed by atoms with E-state index < -0.39 is 15.0 Å². The highest BCUT2D eigenvalue weighted by Gasteiger charge is 2.07. The number of hydrogen-bond donors (Lipinski definition) is 1. The lowest BCUT2D eigenvalue weighted by atomic mass is 10.1. The second-order valence-corrected chi connectivity index (χ2v) is 4.89. The van der Waals surface area contributed by atoms with Crippen molar-refractivity contribution in [2.24, 2.45) is 0 Å². The molecular formula is C9H11NO5S. The predicted octanol–water partition coefficient (Wildman–Crippen LogP) is 1.42. The van der Waals surface area contributed by atoms with Gasteiger partial charge in [-0.25, -0.2) is 0 Å². The van der Waals surface area contributed by atoms with E-state index in [4.69, 9.17) is 4.55 Å². The maximum Gasteiger partial charge on any atom is 0.269 e. The lowest BCUT2D eigenvalue weighted by molar-refractivity contribution is -0.384. The van der Waals surface area contributed by atoms with Crippen LogP contribution in [0.15, 0.2) is 24.3 Å². The molecule has 0 saturated carbocycles. The minimum atomic E-state index is -3.95. The van der Waals surface area contributed by atoms with Crippen molar-refractivity contribution >= 4 is 15.8 Å². The number of hydrogen-bond acceptors (Lipinski definition) is 4. The normalized spacial score (nSPS) is 11.3. The molecule has 0 saturated heterocycles. The van der Waals surface area contributed by atoms with Gasteiger partial charge in [0, 0.05) is 12.1 Å². The Morgan fingerprint density at radius 3 is 2.62 bits per heavy atom. The van der Waals surface area contributed by atoms with Gasteiger partial charge in [-0.05, 0) is 18.4 Å². The Morgan fingerprint density at radius 1 is 1.38 bits per heavy atom. The molecule has 0 aliphatic heterocycles. The topological polar surface area (TPSA) is 97.5 Å². The third-order valence-corrected chi connectivity index (χ3v) is 2.79. The molecule has 0 aliphatic rings. The monoisotopic (exact) mass is 245 g/mol.